The van der Waals surface area contributed by atoms with Crippen LogP contribution in [0, 0.1) is 0 Å². The van der Waals surface area contributed by atoms with Crippen molar-refractivity contribution in [2.45, 2.75) is 24.9 Å². The van der Waals surface area contributed by atoms with Crippen molar-refractivity contribution in [1.82, 2.24) is 14.8 Å². The number of morpholine rings is 1. The van der Waals surface area contributed by atoms with E-state index in [0.29, 0.717) is 19.7 Å². The summed E-state index contributed by atoms with van der Waals surface area (Å²) in [4.78, 5) is 23.3. The molecule has 2 aromatic rings. The first-order chi connectivity index (χ1) is 14.2. The molecule has 2 saturated heterocycles. The maximum absolute atomic E-state index is 13.0. The van der Waals surface area contributed by atoms with Crippen LogP contribution >= 0.6 is 0 Å². The van der Waals surface area contributed by atoms with E-state index < -0.39 is 0 Å². The molecule has 0 atom stereocenters. The van der Waals surface area contributed by atoms with E-state index in [-0.39, 0.29) is 11.6 Å². The lowest BCUT2D eigenvalue weighted by molar-refractivity contribution is -0.125. The van der Waals surface area contributed by atoms with Gasteiger partial charge in [0, 0.05) is 39.4 Å². The van der Waals surface area contributed by atoms with Crippen molar-refractivity contribution >= 4 is 11.7 Å². The van der Waals surface area contributed by atoms with Gasteiger partial charge in [-0.2, -0.15) is 0 Å². The number of amides is 2. The molecule has 6 heteroatoms. The highest BCUT2D eigenvalue weighted by Crippen LogP contribution is 2.31. The van der Waals surface area contributed by atoms with Crippen molar-refractivity contribution < 1.29 is 9.53 Å². The fourth-order valence-electron chi connectivity index (χ4n) is 4.30. The standard InChI is InChI=1S/C23H30N4O2/c1-25(21-8-5-12-24-18-21)22(28)27-16-17-29-23(19-27)10-14-26(15-11-23)13-9-20-6-3-2-4-7-20/h2-8,12,18H,9-11,13-17,19H2,1H3. The molecule has 1 aromatic carbocycles. The first kappa shape index (κ1) is 19.9. The molecule has 0 unspecified atom stereocenters. The minimum Gasteiger partial charge on any atom is -0.371 e. The number of urea groups is 1. The number of carbonyl (C=O) groups excluding carboxylic acids is 1. The molecule has 0 N–H and O–H groups in total. The van der Waals surface area contributed by atoms with Crippen LogP contribution in [-0.2, 0) is 11.2 Å². The monoisotopic (exact) mass is 394 g/mol. The first-order valence-electron chi connectivity index (χ1n) is 10.5. The van der Waals surface area contributed by atoms with Crippen LogP contribution in [0.4, 0.5) is 10.5 Å². The smallest absolute Gasteiger partial charge is 0.324 e. The minimum atomic E-state index is -0.201. The molecule has 0 radical (unpaired) electrons. The van der Waals surface area contributed by atoms with Crippen LogP contribution in [0.1, 0.15) is 18.4 Å². The minimum absolute atomic E-state index is 0.0205. The van der Waals surface area contributed by atoms with Crippen molar-refractivity contribution in [2.75, 3.05) is 51.3 Å². The van der Waals surface area contributed by atoms with Crippen molar-refractivity contribution in [3.63, 3.8) is 0 Å². The van der Waals surface area contributed by atoms with Crippen LogP contribution in [-0.4, -0.2) is 72.8 Å². The number of nitrogens with zero attached hydrogens (tertiary/aromatic N) is 4. The molecule has 2 aliphatic rings. The third-order valence-corrected chi connectivity index (χ3v) is 6.17. The van der Waals surface area contributed by atoms with Crippen molar-refractivity contribution in [2.24, 2.45) is 0 Å². The zero-order valence-corrected chi connectivity index (χ0v) is 17.2. The maximum Gasteiger partial charge on any atom is 0.324 e. The van der Waals surface area contributed by atoms with E-state index in [9.17, 15) is 4.79 Å². The molecule has 0 aliphatic carbocycles. The number of piperidine rings is 1. The lowest BCUT2D eigenvalue weighted by atomic mass is 9.89. The van der Waals surface area contributed by atoms with E-state index in [1.807, 2.05) is 24.1 Å². The van der Waals surface area contributed by atoms with Crippen molar-refractivity contribution in [3.05, 3.63) is 60.4 Å². The quantitative estimate of drug-likeness (QED) is 0.800. The molecule has 2 amide bonds. The van der Waals surface area contributed by atoms with Gasteiger partial charge in [-0.05, 0) is 37.0 Å². The number of rotatable bonds is 4. The van der Waals surface area contributed by atoms with Gasteiger partial charge in [0.05, 0.1) is 30.6 Å². The van der Waals surface area contributed by atoms with E-state index in [0.717, 1.165) is 44.6 Å². The Labute approximate surface area is 173 Å². The van der Waals surface area contributed by atoms with Crippen LogP contribution < -0.4 is 4.90 Å². The molecule has 154 valence electrons. The molecule has 6 nitrogen and oxygen atoms in total. The molecular weight excluding hydrogens is 364 g/mol. The van der Waals surface area contributed by atoms with E-state index in [2.05, 4.69) is 40.2 Å². The van der Waals surface area contributed by atoms with E-state index in [1.165, 1.54) is 5.56 Å². The molecule has 0 saturated carbocycles. The highest BCUT2D eigenvalue weighted by Gasteiger charge is 2.41. The van der Waals surface area contributed by atoms with Crippen LogP contribution in [0.2, 0.25) is 0 Å². The Kier molecular flexibility index (Phi) is 6.11. The van der Waals surface area contributed by atoms with Crippen LogP contribution in [0.5, 0.6) is 0 Å². The molecule has 2 aliphatic heterocycles. The normalized spacial score (nSPS) is 19.3. The number of aromatic nitrogens is 1. The highest BCUT2D eigenvalue weighted by molar-refractivity contribution is 5.91. The number of benzene rings is 1. The number of hydrogen-bond acceptors (Lipinski definition) is 4. The van der Waals surface area contributed by atoms with Crippen LogP contribution in [0.25, 0.3) is 0 Å². The predicted molar refractivity (Wildman–Crippen MR) is 114 cm³/mol. The Morgan fingerprint density at radius 1 is 1.14 bits per heavy atom. The summed E-state index contributed by atoms with van der Waals surface area (Å²) in [6.07, 6.45) is 6.47. The highest BCUT2D eigenvalue weighted by atomic mass is 16.5. The van der Waals surface area contributed by atoms with Gasteiger partial charge in [-0.25, -0.2) is 4.79 Å². The van der Waals surface area contributed by atoms with Gasteiger partial charge >= 0.3 is 6.03 Å². The van der Waals surface area contributed by atoms with Gasteiger partial charge in [0.2, 0.25) is 0 Å². The predicted octanol–water partition coefficient (Wildman–Crippen LogP) is 3.05. The second-order valence-electron chi connectivity index (χ2n) is 8.08. The number of anilines is 1. The third kappa shape index (κ3) is 4.77. The Morgan fingerprint density at radius 2 is 1.93 bits per heavy atom. The summed E-state index contributed by atoms with van der Waals surface area (Å²) in [7, 11) is 1.81. The van der Waals surface area contributed by atoms with Gasteiger partial charge in [0.25, 0.3) is 0 Å². The van der Waals surface area contributed by atoms with Gasteiger partial charge in [0.15, 0.2) is 0 Å². The summed E-state index contributed by atoms with van der Waals surface area (Å²) in [6, 6.07) is 14.4. The van der Waals surface area contributed by atoms with Gasteiger partial charge in [0.1, 0.15) is 0 Å². The second-order valence-corrected chi connectivity index (χ2v) is 8.08. The summed E-state index contributed by atoms with van der Waals surface area (Å²) in [5.74, 6) is 0. The SMILES string of the molecule is CN(C(=O)N1CCOC2(CCN(CCc3ccccc3)CC2)C1)c1cccnc1. The number of ether oxygens (including phenoxy) is 1. The molecule has 2 fully saturated rings. The number of carbonyl (C=O) groups is 1. The average molecular weight is 395 g/mol. The Hall–Kier alpha value is -2.44. The van der Waals surface area contributed by atoms with E-state index in [1.54, 1.807) is 17.3 Å². The molecule has 1 aromatic heterocycles. The zero-order chi connectivity index (χ0) is 20.1. The Bertz CT molecular complexity index is 791. The molecule has 0 bridgehead atoms. The summed E-state index contributed by atoms with van der Waals surface area (Å²) in [5.41, 5.74) is 2.00. The fourth-order valence-corrected chi connectivity index (χ4v) is 4.30. The Morgan fingerprint density at radius 3 is 2.66 bits per heavy atom. The van der Waals surface area contributed by atoms with Gasteiger partial charge in [-0.15, -0.1) is 0 Å². The molecular formula is C23H30N4O2. The number of pyridine rings is 1. The summed E-state index contributed by atoms with van der Waals surface area (Å²) >= 11 is 0. The van der Waals surface area contributed by atoms with Crippen LogP contribution in [0.3, 0.4) is 0 Å². The topological polar surface area (TPSA) is 48.9 Å². The van der Waals surface area contributed by atoms with E-state index in [4.69, 9.17) is 4.74 Å². The van der Waals surface area contributed by atoms with E-state index >= 15 is 0 Å². The van der Waals surface area contributed by atoms with Gasteiger partial charge < -0.3 is 14.5 Å². The van der Waals surface area contributed by atoms with Gasteiger partial charge in [-0.1, -0.05) is 30.3 Å². The lowest BCUT2D eigenvalue weighted by Crippen LogP contribution is -2.59. The number of likely N-dealkylation sites (tertiary alicyclic amines) is 1. The molecule has 29 heavy (non-hydrogen) atoms. The zero-order valence-electron chi connectivity index (χ0n) is 17.2. The first-order valence-corrected chi connectivity index (χ1v) is 10.5. The molecule has 3 heterocycles. The second kappa shape index (κ2) is 8.93. The summed E-state index contributed by atoms with van der Waals surface area (Å²) in [6.45, 7) is 5.04. The van der Waals surface area contributed by atoms with Crippen LogP contribution in [0.15, 0.2) is 54.9 Å². The number of hydrogen-bond donors (Lipinski definition) is 0. The lowest BCUT2D eigenvalue weighted by Gasteiger charge is -2.47. The Balaban J connectivity index is 1.31. The summed E-state index contributed by atoms with van der Waals surface area (Å²) in [5, 5.41) is 0. The molecule has 4 rings (SSSR count). The van der Waals surface area contributed by atoms with Gasteiger partial charge in [-0.3, -0.25) is 9.88 Å². The van der Waals surface area contributed by atoms with Crippen molar-refractivity contribution in [1.29, 1.82) is 0 Å². The fraction of sp³-hybridized carbons (Fsp3) is 0.478. The largest absolute Gasteiger partial charge is 0.371 e. The average Bonchev–Trinajstić information content (AvgIpc) is 2.79. The summed E-state index contributed by atoms with van der Waals surface area (Å²) < 4.78 is 6.23. The molecule has 1 spiro atoms. The maximum atomic E-state index is 13.0. The van der Waals surface area contributed by atoms with Crippen molar-refractivity contribution in [3.8, 4) is 0 Å². The third-order valence-electron chi connectivity index (χ3n) is 6.17.